The van der Waals surface area contributed by atoms with Crippen molar-refractivity contribution in [2.45, 2.75) is 31.9 Å². The van der Waals surface area contributed by atoms with E-state index in [2.05, 4.69) is 0 Å². The van der Waals surface area contributed by atoms with Crippen LogP contribution in [0.15, 0.2) is 72.8 Å². The van der Waals surface area contributed by atoms with Gasteiger partial charge in [0.25, 0.3) is 5.91 Å². The molecule has 1 atom stereocenters. The Morgan fingerprint density at radius 1 is 1.03 bits per heavy atom. The molecule has 0 radical (unpaired) electrons. The summed E-state index contributed by atoms with van der Waals surface area (Å²) in [7, 11) is 0. The van der Waals surface area contributed by atoms with E-state index >= 15 is 0 Å². The topological polar surface area (TPSA) is 66.8 Å². The average molecular weight is 433 g/mol. The lowest BCUT2D eigenvalue weighted by Gasteiger charge is -2.24. The molecule has 3 aromatic rings. The molecule has 0 spiro atoms. The molecule has 0 fully saturated rings. The van der Waals surface area contributed by atoms with Crippen molar-refractivity contribution in [2.24, 2.45) is 0 Å². The second-order valence-corrected chi connectivity index (χ2v) is 8.40. The van der Waals surface area contributed by atoms with Crippen LogP contribution in [0.4, 0.5) is 4.39 Å². The van der Waals surface area contributed by atoms with Crippen LogP contribution < -0.4 is 4.74 Å². The Labute approximate surface area is 186 Å². The predicted molar refractivity (Wildman–Crippen MR) is 118 cm³/mol. The molecule has 1 N–H and O–H groups in total. The fourth-order valence-electron chi connectivity index (χ4n) is 4.14. The third-order valence-corrected chi connectivity index (χ3v) is 5.55. The number of carboxylic acids is 1. The maximum absolute atomic E-state index is 13.2. The van der Waals surface area contributed by atoms with E-state index in [0.29, 0.717) is 24.2 Å². The molecule has 0 bridgehead atoms. The summed E-state index contributed by atoms with van der Waals surface area (Å²) >= 11 is 0. The standard InChI is InChI=1S/C26H24FNO4/c1-26(14-18-7-10-22(27)11-8-18)15-21-13-20(9-12-23(21)32-26)25(31)28(17-24(29)30)16-19-5-3-2-4-6-19/h2-13H,14-17H2,1H3,(H,29,30). The predicted octanol–water partition coefficient (Wildman–Crippen LogP) is 4.49. The minimum atomic E-state index is -1.06. The van der Waals surface area contributed by atoms with Gasteiger partial charge in [0.1, 0.15) is 23.7 Å². The SMILES string of the molecule is CC1(Cc2ccc(F)cc2)Cc2cc(C(=O)N(CC(=O)O)Cc3ccccc3)ccc2O1. The molecule has 3 aromatic carbocycles. The lowest BCUT2D eigenvalue weighted by atomic mass is 9.91. The lowest BCUT2D eigenvalue weighted by molar-refractivity contribution is -0.137. The largest absolute Gasteiger partial charge is 0.487 e. The quantitative estimate of drug-likeness (QED) is 0.596. The molecule has 0 aliphatic carbocycles. The molecule has 1 aliphatic heterocycles. The number of carboxylic acid groups (broad SMARTS) is 1. The molecule has 32 heavy (non-hydrogen) atoms. The van der Waals surface area contributed by atoms with Crippen molar-refractivity contribution in [2.75, 3.05) is 6.54 Å². The number of fused-ring (bicyclic) bond motifs is 1. The summed E-state index contributed by atoms with van der Waals surface area (Å²) in [5.41, 5.74) is 2.64. The maximum Gasteiger partial charge on any atom is 0.323 e. The number of halogens is 1. The average Bonchev–Trinajstić information content (AvgIpc) is 3.09. The summed E-state index contributed by atoms with van der Waals surface area (Å²) in [6.07, 6.45) is 1.20. The van der Waals surface area contributed by atoms with Gasteiger partial charge in [-0.15, -0.1) is 0 Å². The second kappa shape index (κ2) is 8.83. The van der Waals surface area contributed by atoms with E-state index < -0.39 is 11.6 Å². The Morgan fingerprint density at radius 3 is 2.44 bits per heavy atom. The van der Waals surface area contributed by atoms with E-state index in [1.165, 1.54) is 17.0 Å². The van der Waals surface area contributed by atoms with Gasteiger partial charge in [0.05, 0.1) is 0 Å². The molecule has 5 nitrogen and oxygen atoms in total. The van der Waals surface area contributed by atoms with Crippen LogP contribution in [0.5, 0.6) is 5.75 Å². The Bertz CT molecular complexity index is 1130. The van der Waals surface area contributed by atoms with Crippen molar-refractivity contribution in [3.8, 4) is 5.75 Å². The van der Waals surface area contributed by atoms with E-state index in [1.807, 2.05) is 37.3 Å². The van der Waals surface area contributed by atoms with Crippen molar-refractivity contribution in [3.63, 3.8) is 0 Å². The summed E-state index contributed by atoms with van der Waals surface area (Å²) in [5.74, 6) is -0.977. The molecule has 164 valence electrons. The van der Waals surface area contributed by atoms with Gasteiger partial charge in [-0.3, -0.25) is 9.59 Å². The highest BCUT2D eigenvalue weighted by Crippen LogP contribution is 2.37. The number of hydrogen-bond donors (Lipinski definition) is 1. The highest BCUT2D eigenvalue weighted by Gasteiger charge is 2.35. The van der Waals surface area contributed by atoms with Crippen LogP contribution in [0.1, 0.15) is 34.0 Å². The molecular weight excluding hydrogens is 409 g/mol. The molecule has 1 heterocycles. The van der Waals surface area contributed by atoms with Crippen molar-refractivity contribution in [1.29, 1.82) is 0 Å². The molecule has 0 saturated heterocycles. The van der Waals surface area contributed by atoms with Gasteiger partial charge in [0.2, 0.25) is 0 Å². The Balaban J connectivity index is 1.52. The third-order valence-electron chi connectivity index (χ3n) is 5.55. The molecule has 4 rings (SSSR count). The van der Waals surface area contributed by atoms with Crippen LogP contribution in [0.25, 0.3) is 0 Å². The van der Waals surface area contributed by atoms with Crippen LogP contribution in [0.2, 0.25) is 0 Å². The maximum atomic E-state index is 13.2. The van der Waals surface area contributed by atoms with E-state index in [1.54, 1.807) is 30.3 Å². The lowest BCUT2D eigenvalue weighted by Crippen LogP contribution is -2.35. The van der Waals surface area contributed by atoms with Crippen LogP contribution in [-0.2, 0) is 24.2 Å². The molecule has 6 heteroatoms. The summed E-state index contributed by atoms with van der Waals surface area (Å²) in [4.78, 5) is 25.8. The number of carbonyl (C=O) groups is 2. The Hall–Kier alpha value is -3.67. The second-order valence-electron chi connectivity index (χ2n) is 8.40. The Kier molecular flexibility index (Phi) is 5.95. The number of carbonyl (C=O) groups excluding carboxylic acids is 1. The molecule has 0 aromatic heterocycles. The summed E-state index contributed by atoms with van der Waals surface area (Å²) in [5, 5.41) is 9.30. The molecule has 1 aliphatic rings. The zero-order chi connectivity index (χ0) is 22.7. The number of hydrogen-bond acceptors (Lipinski definition) is 3. The van der Waals surface area contributed by atoms with E-state index in [4.69, 9.17) is 4.74 Å². The summed E-state index contributed by atoms with van der Waals surface area (Å²) in [6.45, 7) is 1.81. The fourth-order valence-corrected chi connectivity index (χ4v) is 4.14. The third kappa shape index (κ3) is 4.97. The van der Waals surface area contributed by atoms with Crippen LogP contribution in [0, 0.1) is 5.82 Å². The van der Waals surface area contributed by atoms with E-state index in [0.717, 1.165) is 16.7 Å². The van der Waals surface area contributed by atoms with Gasteiger partial charge in [-0.05, 0) is 53.9 Å². The van der Waals surface area contributed by atoms with Crippen molar-refractivity contribution >= 4 is 11.9 Å². The van der Waals surface area contributed by atoms with Gasteiger partial charge < -0.3 is 14.7 Å². The van der Waals surface area contributed by atoms with Gasteiger partial charge in [0.15, 0.2) is 0 Å². The van der Waals surface area contributed by atoms with Crippen molar-refractivity contribution < 1.29 is 23.8 Å². The van der Waals surface area contributed by atoms with Crippen molar-refractivity contribution in [1.82, 2.24) is 4.90 Å². The van der Waals surface area contributed by atoms with Crippen LogP contribution >= 0.6 is 0 Å². The highest BCUT2D eigenvalue weighted by molar-refractivity contribution is 5.96. The molecule has 1 unspecified atom stereocenters. The monoisotopic (exact) mass is 433 g/mol. The van der Waals surface area contributed by atoms with E-state index in [9.17, 15) is 19.1 Å². The van der Waals surface area contributed by atoms with Gasteiger partial charge in [-0.1, -0.05) is 42.5 Å². The normalized spacial score (nSPS) is 16.8. The highest BCUT2D eigenvalue weighted by atomic mass is 19.1. The molecule has 1 amide bonds. The Morgan fingerprint density at radius 2 is 1.75 bits per heavy atom. The van der Waals surface area contributed by atoms with Crippen LogP contribution in [0.3, 0.4) is 0 Å². The molecular formula is C26H24FNO4. The first-order chi connectivity index (χ1) is 15.3. The smallest absolute Gasteiger partial charge is 0.323 e. The van der Waals surface area contributed by atoms with Gasteiger partial charge in [-0.2, -0.15) is 0 Å². The minimum absolute atomic E-state index is 0.210. The van der Waals surface area contributed by atoms with Gasteiger partial charge in [-0.25, -0.2) is 4.39 Å². The number of rotatable bonds is 7. The first-order valence-corrected chi connectivity index (χ1v) is 10.4. The number of ether oxygens (including phenoxy) is 1. The number of amides is 1. The summed E-state index contributed by atoms with van der Waals surface area (Å²) < 4.78 is 19.4. The van der Waals surface area contributed by atoms with Gasteiger partial charge in [0, 0.05) is 24.9 Å². The van der Waals surface area contributed by atoms with Crippen LogP contribution in [-0.4, -0.2) is 34.0 Å². The summed E-state index contributed by atoms with van der Waals surface area (Å²) in [6, 6.07) is 20.9. The van der Waals surface area contributed by atoms with E-state index in [-0.39, 0.29) is 24.8 Å². The zero-order valence-electron chi connectivity index (χ0n) is 17.8. The first-order valence-electron chi connectivity index (χ1n) is 10.4. The number of nitrogens with zero attached hydrogens (tertiary/aromatic N) is 1. The first kappa shape index (κ1) is 21.6. The number of aliphatic carboxylic acids is 1. The fraction of sp³-hybridized carbons (Fsp3) is 0.231. The van der Waals surface area contributed by atoms with Gasteiger partial charge >= 0.3 is 5.97 Å². The molecule has 0 saturated carbocycles. The minimum Gasteiger partial charge on any atom is -0.487 e. The van der Waals surface area contributed by atoms with Crippen molar-refractivity contribution in [3.05, 3.63) is 101 Å². The number of benzene rings is 3. The zero-order valence-corrected chi connectivity index (χ0v) is 17.8.